The van der Waals surface area contributed by atoms with E-state index >= 15 is 0 Å². The summed E-state index contributed by atoms with van der Waals surface area (Å²) in [6, 6.07) is 4.08. The maximum atomic E-state index is 9.89. The van der Waals surface area contributed by atoms with Crippen LogP contribution in [0.3, 0.4) is 0 Å². The highest BCUT2D eigenvalue weighted by Gasteiger charge is 2.23. The summed E-state index contributed by atoms with van der Waals surface area (Å²) in [4.78, 5) is 9.66. The fourth-order valence-corrected chi connectivity index (χ4v) is 3.10. The van der Waals surface area contributed by atoms with E-state index in [0.29, 0.717) is 58.1 Å². The van der Waals surface area contributed by atoms with Crippen LogP contribution in [0.25, 0.3) is 10.8 Å². The number of hydrogen-bond acceptors (Lipinski definition) is 6. The molecule has 2 aromatic rings. The molecule has 0 saturated heterocycles. The van der Waals surface area contributed by atoms with Gasteiger partial charge in [-0.25, -0.2) is 9.97 Å². The maximum absolute atomic E-state index is 9.89. The molecule has 0 radical (unpaired) electrons. The smallest absolute Gasteiger partial charge is 0.284 e. The standard InChI is InChI=1S/C19H28N6O/c1-6-26-15-7-13-14(8-20)19(24-18(22)16(13)17(21)23-15)25(9-11(2)3)10-12(4)5/h7,11-12H,6,9-10H2,1-5H3,(H2,21,23)(H2,22,24)/p+1. The van der Waals surface area contributed by atoms with Gasteiger partial charge in [0.05, 0.1) is 6.61 Å². The molecule has 5 N–H and O–H groups in total. The molecule has 140 valence electrons. The fraction of sp³-hybridized carbons (Fsp3) is 0.526. The highest BCUT2D eigenvalue weighted by Crippen LogP contribution is 2.34. The Morgan fingerprint density at radius 3 is 2.35 bits per heavy atom. The Labute approximate surface area is 155 Å². The monoisotopic (exact) mass is 357 g/mol. The van der Waals surface area contributed by atoms with Crippen LogP contribution in [0.5, 0.6) is 5.88 Å². The van der Waals surface area contributed by atoms with Gasteiger partial charge in [0.1, 0.15) is 28.7 Å². The second kappa shape index (κ2) is 8.09. The van der Waals surface area contributed by atoms with Gasteiger partial charge in [0.15, 0.2) is 0 Å². The first-order valence-electron chi connectivity index (χ1n) is 9.01. The van der Waals surface area contributed by atoms with Crippen molar-refractivity contribution >= 4 is 28.2 Å². The largest absolute Gasteiger partial charge is 0.463 e. The number of rotatable bonds is 7. The molecule has 0 amide bonds. The Bertz CT molecular complexity index is 815. The molecule has 0 fully saturated rings. The molecule has 0 aliphatic carbocycles. The molecule has 0 aliphatic heterocycles. The van der Waals surface area contributed by atoms with Crippen LogP contribution in [-0.4, -0.2) is 24.7 Å². The van der Waals surface area contributed by atoms with E-state index in [-0.39, 0.29) is 0 Å². The van der Waals surface area contributed by atoms with E-state index in [2.05, 4.69) is 48.6 Å². The number of nitrogens with one attached hydrogen (secondary N) is 1. The Morgan fingerprint density at radius 2 is 1.85 bits per heavy atom. The van der Waals surface area contributed by atoms with Crippen LogP contribution in [0, 0.1) is 23.2 Å². The lowest BCUT2D eigenvalue weighted by molar-refractivity contribution is -0.375. The number of aromatic nitrogens is 2. The third-order valence-corrected chi connectivity index (χ3v) is 3.93. The van der Waals surface area contributed by atoms with Gasteiger partial charge in [-0.15, -0.1) is 0 Å². The zero-order chi connectivity index (χ0) is 19.4. The number of aromatic amines is 1. The third-order valence-electron chi connectivity index (χ3n) is 3.93. The average molecular weight is 357 g/mol. The van der Waals surface area contributed by atoms with Crippen molar-refractivity contribution in [3.05, 3.63) is 11.6 Å². The minimum atomic E-state index is 0.309. The van der Waals surface area contributed by atoms with E-state index in [1.165, 1.54) is 0 Å². The minimum Gasteiger partial charge on any atom is -0.463 e. The molecular weight excluding hydrogens is 328 g/mol. The van der Waals surface area contributed by atoms with Gasteiger partial charge in [-0.3, -0.25) is 5.73 Å². The SMILES string of the molecule is CCOc1cc2c(C#N)c(N(CC(C)C)CC(C)C)nc(N)c2c(N)[nH+]1. The van der Waals surface area contributed by atoms with Crippen LogP contribution < -0.4 is 26.1 Å². The van der Waals surface area contributed by atoms with Crippen molar-refractivity contribution < 1.29 is 9.72 Å². The van der Waals surface area contributed by atoms with E-state index in [0.717, 1.165) is 13.1 Å². The lowest BCUT2D eigenvalue weighted by Crippen LogP contribution is -2.33. The second-order valence-electron chi connectivity index (χ2n) is 7.27. The molecule has 0 unspecified atom stereocenters. The lowest BCUT2D eigenvalue weighted by Gasteiger charge is -2.28. The number of hydrogen-bond donors (Lipinski definition) is 2. The Hall–Kier alpha value is -2.75. The third kappa shape index (κ3) is 4.07. The number of H-pyrrole nitrogens is 1. The summed E-state index contributed by atoms with van der Waals surface area (Å²) in [6.07, 6.45) is 0. The van der Waals surface area contributed by atoms with E-state index in [9.17, 15) is 5.26 Å². The quantitative estimate of drug-likeness (QED) is 0.787. The number of fused-ring (bicyclic) bond motifs is 1. The van der Waals surface area contributed by atoms with Gasteiger partial charge in [0.2, 0.25) is 0 Å². The first kappa shape index (κ1) is 19.6. The Morgan fingerprint density at radius 1 is 1.23 bits per heavy atom. The molecular formula is C19H29N6O+. The first-order chi connectivity index (χ1) is 12.3. The lowest BCUT2D eigenvalue weighted by atomic mass is 10.1. The van der Waals surface area contributed by atoms with E-state index in [1.54, 1.807) is 6.07 Å². The van der Waals surface area contributed by atoms with Gasteiger partial charge >= 0.3 is 0 Å². The Kier molecular flexibility index (Phi) is 6.09. The number of nitriles is 1. The van der Waals surface area contributed by atoms with Crippen molar-refractivity contribution in [1.29, 1.82) is 5.26 Å². The summed E-state index contributed by atoms with van der Waals surface area (Å²) in [5.41, 5.74) is 12.8. The van der Waals surface area contributed by atoms with Crippen molar-refractivity contribution in [2.24, 2.45) is 11.8 Å². The second-order valence-corrected chi connectivity index (χ2v) is 7.27. The minimum absolute atomic E-state index is 0.309. The summed E-state index contributed by atoms with van der Waals surface area (Å²) in [5, 5.41) is 11.1. The molecule has 0 aromatic carbocycles. The zero-order valence-corrected chi connectivity index (χ0v) is 16.3. The molecule has 0 saturated carbocycles. The topological polar surface area (TPSA) is 115 Å². The molecule has 2 heterocycles. The summed E-state index contributed by atoms with van der Waals surface area (Å²) >= 11 is 0. The number of ether oxygens (including phenoxy) is 1. The number of nitrogens with zero attached hydrogens (tertiary/aromatic N) is 3. The predicted molar refractivity (Wildman–Crippen MR) is 105 cm³/mol. The number of nitrogen functional groups attached to an aromatic ring is 2. The summed E-state index contributed by atoms with van der Waals surface area (Å²) < 4.78 is 5.54. The molecule has 7 heteroatoms. The fourth-order valence-electron chi connectivity index (χ4n) is 3.10. The van der Waals surface area contributed by atoms with E-state index in [4.69, 9.17) is 16.2 Å². The number of nitrogens with two attached hydrogens (primary N) is 2. The molecule has 2 rings (SSSR count). The molecule has 0 bridgehead atoms. The van der Waals surface area contributed by atoms with Gasteiger partial charge in [-0.1, -0.05) is 27.7 Å². The van der Waals surface area contributed by atoms with E-state index in [1.807, 2.05) is 6.92 Å². The number of pyridine rings is 2. The molecule has 2 aromatic heterocycles. The maximum Gasteiger partial charge on any atom is 0.284 e. The van der Waals surface area contributed by atoms with Crippen LogP contribution in [0.2, 0.25) is 0 Å². The van der Waals surface area contributed by atoms with Crippen molar-refractivity contribution in [3.63, 3.8) is 0 Å². The average Bonchev–Trinajstić information content (AvgIpc) is 2.53. The molecule has 7 nitrogen and oxygen atoms in total. The highest BCUT2D eigenvalue weighted by molar-refractivity contribution is 6.03. The normalized spacial score (nSPS) is 11.2. The molecule has 0 aliphatic rings. The van der Waals surface area contributed by atoms with Gasteiger partial charge in [0.25, 0.3) is 11.7 Å². The highest BCUT2D eigenvalue weighted by atomic mass is 16.5. The van der Waals surface area contributed by atoms with Gasteiger partial charge in [-0.2, -0.15) is 5.26 Å². The summed E-state index contributed by atoms with van der Waals surface area (Å²) in [5.74, 6) is 2.61. The molecule has 0 spiro atoms. The Balaban J connectivity index is 2.75. The zero-order valence-electron chi connectivity index (χ0n) is 16.3. The summed E-state index contributed by atoms with van der Waals surface area (Å²) in [7, 11) is 0. The van der Waals surface area contributed by atoms with Crippen LogP contribution in [0.1, 0.15) is 40.2 Å². The van der Waals surface area contributed by atoms with Gasteiger partial charge < -0.3 is 15.4 Å². The van der Waals surface area contributed by atoms with Crippen LogP contribution in [0.15, 0.2) is 6.07 Å². The first-order valence-corrected chi connectivity index (χ1v) is 9.01. The number of anilines is 3. The van der Waals surface area contributed by atoms with Crippen molar-refractivity contribution in [2.75, 3.05) is 36.1 Å². The molecule has 0 atom stereocenters. The van der Waals surface area contributed by atoms with Crippen LogP contribution in [0.4, 0.5) is 17.5 Å². The van der Waals surface area contributed by atoms with E-state index < -0.39 is 0 Å². The van der Waals surface area contributed by atoms with Crippen molar-refractivity contribution in [2.45, 2.75) is 34.6 Å². The van der Waals surface area contributed by atoms with Crippen molar-refractivity contribution in [1.82, 2.24) is 4.98 Å². The van der Waals surface area contributed by atoms with Gasteiger partial charge in [-0.05, 0) is 18.8 Å². The predicted octanol–water partition coefficient (Wildman–Crippen LogP) is 2.60. The van der Waals surface area contributed by atoms with Crippen LogP contribution >= 0.6 is 0 Å². The van der Waals surface area contributed by atoms with Gasteiger partial charge in [0, 0.05) is 24.5 Å². The van der Waals surface area contributed by atoms with Crippen molar-refractivity contribution in [3.8, 4) is 11.9 Å². The van der Waals surface area contributed by atoms with Crippen LogP contribution in [-0.2, 0) is 0 Å². The summed E-state index contributed by atoms with van der Waals surface area (Å²) in [6.45, 7) is 12.5. The molecule has 26 heavy (non-hydrogen) atoms.